The van der Waals surface area contributed by atoms with Crippen molar-refractivity contribution in [1.29, 1.82) is 0 Å². The molecule has 0 spiro atoms. The Hall–Kier alpha value is -2.33. The fourth-order valence-corrected chi connectivity index (χ4v) is 2.80. The third-order valence-corrected chi connectivity index (χ3v) is 3.90. The lowest BCUT2D eigenvalue weighted by molar-refractivity contribution is 0.303. The van der Waals surface area contributed by atoms with Crippen molar-refractivity contribution >= 4 is 0 Å². The highest BCUT2D eigenvalue weighted by atomic mass is 16.5. The van der Waals surface area contributed by atoms with E-state index in [0.29, 0.717) is 0 Å². The van der Waals surface area contributed by atoms with Crippen LogP contribution >= 0.6 is 0 Å². The van der Waals surface area contributed by atoms with Crippen LogP contribution in [0.15, 0.2) is 66.0 Å². The van der Waals surface area contributed by atoms with E-state index in [1.54, 1.807) is 0 Å². The van der Waals surface area contributed by atoms with Crippen molar-refractivity contribution in [1.82, 2.24) is 15.4 Å². The van der Waals surface area contributed by atoms with E-state index in [2.05, 4.69) is 28.5 Å². The molecule has 0 fully saturated rings. The largest absolute Gasteiger partial charge is 0.494 e. The predicted molar refractivity (Wildman–Crippen MR) is 91.9 cm³/mol. The normalized spacial score (nSPS) is 14.8. The maximum Gasteiger partial charge on any atom is 0.119 e. The summed E-state index contributed by atoms with van der Waals surface area (Å²) in [4.78, 5) is 4.42. The zero-order valence-electron chi connectivity index (χ0n) is 13.5. The zero-order chi connectivity index (χ0) is 15.9. The second kappa shape index (κ2) is 7.79. The third kappa shape index (κ3) is 4.57. The molecular weight excluding hydrogens is 286 g/mol. The molecule has 4 nitrogen and oxygen atoms in total. The predicted octanol–water partition coefficient (Wildman–Crippen LogP) is 3.19. The maximum atomic E-state index is 5.78. The van der Waals surface area contributed by atoms with E-state index in [1.807, 2.05) is 48.7 Å². The highest BCUT2D eigenvalue weighted by molar-refractivity contribution is 5.24. The molecule has 2 aromatic rings. The van der Waals surface area contributed by atoms with E-state index in [1.165, 1.54) is 11.3 Å². The highest BCUT2D eigenvalue weighted by Gasteiger charge is 2.18. The number of hydrogen-bond donors (Lipinski definition) is 1. The van der Waals surface area contributed by atoms with E-state index in [4.69, 9.17) is 4.74 Å². The van der Waals surface area contributed by atoms with Crippen LogP contribution in [0.1, 0.15) is 18.5 Å². The molecule has 0 unspecified atom stereocenters. The van der Waals surface area contributed by atoms with Crippen LogP contribution < -0.4 is 10.2 Å². The average Bonchev–Trinajstić information content (AvgIpc) is 2.93. The van der Waals surface area contributed by atoms with Crippen LogP contribution in [0.2, 0.25) is 0 Å². The Morgan fingerprint density at radius 2 is 1.96 bits per heavy atom. The molecule has 2 heterocycles. The Morgan fingerprint density at radius 3 is 2.74 bits per heavy atom. The lowest BCUT2D eigenvalue weighted by Crippen LogP contribution is -2.28. The summed E-state index contributed by atoms with van der Waals surface area (Å²) in [5, 5.41) is 2.13. The van der Waals surface area contributed by atoms with Gasteiger partial charge in [0.2, 0.25) is 0 Å². The van der Waals surface area contributed by atoms with Crippen LogP contribution in [0.4, 0.5) is 0 Å². The number of ether oxygens (including phenoxy) is 1. The summed E-state index contributed by atoms with van der Waals surface area (Å²) in [5.74, 6) is 0.942. The number of aromatic nitrogens is 1. The Kier molecular flexibility index (Phi) is 5.27. The summed E-state index contributed by atoms with van der Waals surface area (Å²) in [6.45, 7) is 1.71. The van der Waals surface area contributed by atoms with Crippen LogP contribution in [0.25, 0.3) is 0 Å². The van der Waals surface area contributed by atoms with Gasteiger partial charge < -0.3 is 10.2 Å². The lowest BCUT2D eigenvalue weighted by atomic mass is 10.1. The first-order chi connectivity index (χ1) is 11.3. The van der Waals surface area contributed by atoms with E-state index in [-0.39, 0.29) is 0 Å². The van der Waals surface area contributed by atoms with Crippen LogP contribution in [-0.4, -0.2) is 30.2 Å². The molecule has 0 amide bonds. The van der Waals surface area contributed by atoms with Gasteiger partial charge in [-0.2, -0.15) is 0 Å². The van der Waals surface area contributed by atoms with Crippen molar-refractivity contribution in [2.45, 2.75) is 19.3 Å². The van der Waals surface area contributed by atoms with Crippen molar-refractivity contribution in [3.8, 4) is 5.75 Å². The van der Waals surface area contributed by atoms with E-state index < -0.39 is 0 Å². The third-order valence-electron chi connectivity index (χ3n) is 3.90. The summed E-state index contributed by atoms with van der Waals surface area (Å²) in [6.07, 6.45) is 4.78. The number of allylic oxidation sites excluding steroid dienone is 1. The van der Waals surface area contributed by atoms with Crippen LogP contribution in [0, 0.1) is 0 Å². The zero-order valence-corrected chi connectivity index (χ0v) is 13.5. The molecule has 3 rings (SSSR count). The fraction of sp³-hybridized carbons (Fsp3) is 0.316. The first kappa shape index (κ1) is 15.6. The molecule has 0 saturated heterocycles. The second-order valence-electron chi connectivity index (χ2n) is 5.81. The van der Waals surface area contributed by atoms with Crippen molar-refractivity contribution < 1.29 is 4.74 Å². The number of para-hydroxylation sites is 1. The molecule has 0 bridgehead atoms. The first-order valence-electron chi connectivity index (χ1n) is 8.08. The molecule has 23 heavy (non-hydrogen) atoms. The van der Waals surface area contributed by atoms with Gasteiger partial charge in [-0.25, -0.2) is 5.01 Å². The monoisotopic (exact) mass is 309 g/mol. The minimum Gasteiger partial charge on any atom is -0.494 e. The quantitative estimate of drug-likeness (QED) is 0.797. The van der Waals surface area contributed by atoms with Crippen molar-refractivity contribution in [3.63, 3.8) is 0 Å². The smallest absolute Gasteiger partial charge is 0.119 e. The van der Waals surface area contributed by atoms with Gasteiger partial charge in [-0.05, 0) is 42.7 Å². The second-order valence-corrected chi connectivity index (χ2v) is 5.81. The number of rotatable bonds is 7. The van der Waals surface area contributed by atoms with E-state index >= 15 is 0 Å². The number of likely N-dealkylation sites (N-methyl/N-ethyl adjacent to an activating group) is 1. The maximum absolute atomic E-state index is 5.78. The number of hydrogen-bond acceptors (Lipinski definition) is 4. The average molecular weight is 309 g/mol. The summed E-state index contributed by atoms with van der Waals surface area (Å²) in [5.41, 5.74) is 7.28. The fourth-order valence-electron chi connectivity index (χ4n) is 2.80. The minimum atomic E-state index is 0.744. The van der Waals surface area contributed by atoms with E-state index in [0.717, 1.165) is 43.9 Å². The van der Waals surface area contributed by atoms with Gasteiger partial charge in [0.25, 0.3) is 0 Å². The van der Waals surface area contributed by atoms with Crippen LogP contribution in [0.3, 0.4) is 0 Å². The van der Waals surface area contributed by atoms with Gasteiger partial charge in [0, 0.05) is 37.6 Å². The number of nitrogens with one attached hydrogen (secondary N) is 1. The molecule has 1 aromatic carbocycles. The van der Waals surface area contributed by atoms with Crippen molar-refractivity contribution in [2.75, 3.05) is 20.2 Å². The van der Waals surface area contributed by atoms with Crippen molar-refractivity contribution in [2.24, 2.45) is 0 Å². The summed E-state index contributed by atoms with van der Waals surface area (Å²) in [6, 6.07) is 16.1. The van der Waals surface area contributed by atoms with Gasteiger partial charge in [-0.3, -0.25) is 4.98 Å². The molecule has 4 heteroatoms. The van der Waals surface area contributed by atoms with Crippen LogP contribution in [0.5, 0.6) is 5.75 Å². The van der Waals surface area contributed by atoms with Gasteiger partial charge in [-0.15, -0.1) is 0 Å². The molecule has 120 valence electrons. The molecule has 1 aliphatic rings. The first-order valence-corrected chi connectivity index (χ1v) is 8.08. The molecule has 0 atom stereocenters. The van der Waals surface area contributed by atoms with Gasteiger partial charge in [0.05, 0.1) is 6.61 Å². The van der Waals surface area contributed by atoms with Crippen LogP contribution in [-0.2, 0) is 6.42 Å². The molecule has 0 aliphatic carbocycles. The molecule has 1 aromatic heterocycles. The molecule has 1 aliphatic heterocycles. The number of hydrazine groups is 1. The van der Waals surface area contributed by atoms with E-state index in [9.17, 15) is 0 Å². The van der Waals surface area contributed by atoms with Crippen molar-refractivity contribution in [3.05, 3.63) is 71.7 Å². The molecule has 0 saturated carbocycles. The van der Waals surface area contributed by atoms with Gasteiger partial charge >= 0.3 is 0 Å². The number of nitrogens with zero attached hydrogens (tertiary/aromatic N) is 2. The minimum absolute atomic E-state index is 0.744. The number of benzene rings is 1. The summed E-state index contributed by atoms with van der Waals surface area (Å²) in [7, 11) is 2.08. The topological polar surface area (TPSA) is 37.4 Å². The Labute approximate surface area is 137 Å². The Bertz CT molecular complexity index is 640. The molecule has 0 radical (unpaired) electrons. The number of pyridine rings is 1. The molecule has 1 N–H and O–H groups in total. The highest BCUT2D eigenvalue weighted by Crippen LogP contribution is 2.20. The van der Waals surface area contributed by atoms with Gasteiger partial charge in [0.15, 0.2) is 0 Å². The summed E-state index contributed by atoms with van der Waals surface area (Å²) >= 11 is 0. The standard InChI is InChI=1S/C19H23N3O/c1-22-15-16(8-7-13-23-18-10-3-2-4-11-18)19(21-22)14-17-9-5-6-12-20-17/h2-6,9-12,21H,7-8,13-15H2,1H3. The Balaban J connectivity index is 1.52. The molecular formula is C19H23N3O. The SMILES string of the molecule is CN1CC(CCCOc2ccccc2)=C(Cc2ccccn2)N1. The van der Waals surface area contributed by atoms with Gasteiger partial charge in [0.1, 0.15) is 5.75 Å². The lowest BCUT2D eigenvalue weighted by Gasteiger charge is -2.10. The van der Waals surface area contributed by atoms with Gasteiger partial charge in [-0.1, -0.05) is 24.3 Å². The summed E-state index contributed by atoms with van der Waals surface area (Å²) < 4.78 is 5.78. The Morgan fingerprint density at radius 1 is 1.13 bits per heavy atom.